The molecule has 1 aromatic rings. The Balaban J connectivity index is 2.53. The van der Waals surface area contributed by atoms with Crippen molar-refractivity contribution >= 4 is 15.9 Å². The Morgan fingerprint density at radius 1 is 1.47 bits per heavy atom. The molecule has 0 aromatic heterocycles. The topological polar surface area (TPSA) is 33.0 Å². The summed E-state index contributed by atoms with van der Waals surface area (Å²) in [5.74, 6) is 0.824. The molecule has 0 heterocycles. The molecule has 0 unspecified atom stereocenters. The van der Waals surface area contributed by atoms with Gasteiger partial charge in [0, 0.05) is 0 Å². The van der Waals surface area contributed by atoms with E-state index in [2.05, 4.69) is 22.0 Å². The van der Waals surface area contributed by atoms with Crippen LogP contribution in [0.15, 0.2) is 16.6 Å². The van der Waals surface area contributed by atoms with E-state index in [9.17, 15) is 0 Å². The Morgan fingerprint density at radius 3 is 2.60 bits per heavy atom. The third kappa shape index (κ3) is 1.53. The molecule has 0 N–H and O–H groups in total. The van der Waals surface area contributed by atoms with Crippen LogP contribution in [0, 0.1) is 18.3 Å². The molecule has 0 aliphatic heterocycles. The van der Waals surface area contributed by atoms with Crippen LogP contribution in [0.1, 0.15) is 24.0 Å². The Hall–Kier alpha value is -1.01. The van der Waals surface area contributed by atoms with Crippen LogP contribution in [-0.2, 0) is 5.41 Å². The molecular formula is C12H12BrNO. The van der Waals surface area contributed by atoms with Crippen LogP contribution in [0.3, 0.4) is 0 Å². The molecule has 78 valence electrons. The summed E-state index contributed by atoms with van der Waals surface area (Å²) in [5, 5.41) is 9.16. The quantitative estimate of drug-likeness (QED) is 0.822. The van der Waals surface area contributed by atoms with Gasteiger partial charge in [-0.15, -0.1) is 0 Å². The zero-order valence-electron chi connectivity index (χ0n) is 8.80. The first-order valence-electron chi connectivity index (χ1n) is 4.89. The van der Waals surface area contributed by atoms with E-state index in [1.165, 1.54) is 0 Å². The zero-order valence-corrected chi connectivity index (χ0v) is 10.4. The summed E-state index contributed by atoms with van der Waals surface area (Å²) in [4.78, 5) is 0. The summed E-state index contributed by atoms with van der Waals surface area (Å²) in [7, 11) is 1.65. The number of rotatable bonds is 2. The Bertz CT molecular complexity index is 444. The van der Waals surface area contributed by atoms with E-state index in [1.54, 1.807) is 7.11 Å². The summed E-state index contributed by atoms with van der Waals surface area (Å²) in [6.45, 7) is 2.03. The van der Waals surface area contributed by atoms with Crippen molar-refractivity contribution in [2.75, 3.05) is 7.11 Å². The van der Waals surface area contributed by atoms with E-state index in [4.69, 9.17) is 10.00 Å². The number of nitriles is 1. The van der Waals surface area contributed by atoms with Crippen LogP contribution in [0.5, 0.6) is 5.75 Å². The fourth-order valence-corrected chi connectivity index (χ4v) is 2.41. The number of halogens is 1. The molecule has 0 bridgehead atoms. The van der Waals surface area contributed by atoms with Crippen molar-refractivity contribution in [3.05, 3.63) is 27.7 Å². The van der Waals surface area contributed by atoms with Crippen molar-refractivity contribution in [1.82, 2.24) is 0 Å². The first-order chi connectivity index (χ1) is 7.14. The number of hydrogen-bond donors (Lipinski definition) is 0. The van der Waals surface area contributed by atoms with Crippen LogP contribution in [0.2, 0.25) is 0 Å². The standard InChI is InChI=1S/C12H12BrNO/c1-8-9(12(7-14)5-6-12)3-4-10(15-2)11(8)13/h3-4H,5-6H2,1-2H3. The molecule has 0 radical (unpaired) electrons. The van der Waals surface area contributed by atoms with Gasteiger partial charge in [-0.05, 0) is 52.9 Å². The van der Waals surface area contributed by atoms with Crippen LogP contribution in [-0.4, -0.2) is 7.11 Å². The van der Waals surface area contributed by atoms with Crippen molar-refractivity contribution in [2.45, 2.75) is 25.2 Å². The normalized spacial score (nSPS) is 16.9. The highest BCUT2D eigenvalue weighted by atomic mass is 79.9. The van der Waals surface area contributed by atoms with Gasteiger partial charge >= 0.3 is 0 Å². The highest BCUT2D eigenvalue weighted by Crippen LogP contribution is 2.50. The van der Waals surface area contributed by atoms with Gasteiger partial charge in [0.15, 0.2) is 0 Å². The van der Waals surface area contributed by atoms with Crippen LogP contribution in [0.25, 0.3) is 0 Å². The summed E-state index contributed by atoms with van der Waals surface area (Å²) in [6, 6.07) is 6.34. The lowest BCUT2D eigenvalue weighted by Gasteiger charge is -2.14. The molecule has 2 nitrogen and oxygen atoms in total. The number of nitrogens with zero attached hydrogens (tertiary/aromatic N) is 1. The van der Waals surface area contributed by atoms with E-state index in [0.29, 0.717) is 0 Å². The molecule has 1 aliphatic carbocycles. The Kier molecular flexibility index (Phi) is 2.47. The van der Waals surface area contributed by atoms with Gasteiger partial charge in [-0.25, -0.2) is 0 Å². The second-order valence-electron chi connectivity index (χ2n) is 3.95. The number of ether oxygens (including phenoxy) is 1. The van der Waals surface area contributed by atoms with Gasteiger partial charge in [0.1, 0.15) is 5.75 Å². The summed E-state index contributed by atoms with van der Waals surface area (Å²) in [6.07, 6.45) is 1.95. The predicted molar refractivity (Wildman–Crippen MR) is 62.0 cm³/mol. The third-order valence-corrected chi connectivity index (χ3v) is 4.04. The monoisotopic (exact) mass is 265 g/mol. The van der Waals surface area contributed by atoms with Gasteiger partial charge in [0.05, 0.1) is 23.1 Å². The zero-order chi connectivity index (χ0) is 11.1. The smallest absolute Gasteiger partial charge is 0.133 e. The summed E-state index contributed by atoms with van der Waals surface area (Å²) >= 11 is 3.51. The maximum atomic E-state index is 9.16. The number of hydrogen-bond acceptors (Lipinski definition) is 2. The molecule has 1 saturated carbocycles. The largest absolute Gasteiger partial charge is 0.496 e. The molecule has 1 aromatic carbocycles. The van der Waals surface area contributed by atoms with E-state index in [-0.39, 0.29) is 5.41 Å². The Labute approximate surface area is 98.0 Å². The van der Waals surface area contributed by atoms with Crippen molar-refractivity contribution in [3.63, 3.8) is 0 Å². The van der Waals surface area contributed by atoms with Crippen LogP contribution < -0.4 is 4.74 Å². The van der Waals surface area contributed by atoms with Crippen molar-refractivity contribution < 1.29 is 4.74 Å². The predicted octanol–water partition coefficient (Wildman–Crippen LogP) is 3.32. The summed E-state index contributed by atoms with van der Waals surface area (Å²) < 4.78 is 6.18. The van der Waals surface area contributed by atoms with Gasteiger partial charge in [0.2, 0.25) is 0 Å². The first kappa shape index (κ1) is 10.5. The van der Waals surface area contributed by atoms with Crippen LogP contribution in [0.4, 0.5) is 0 Å². The minimum Gasteiger partial charge on any atom is -0.496 e. The van der Waals surface area contributed by atoms with Gasteiger partial charge in [0.25, 0.3) is 0 Å². The lowest BCUT2D eigenvalue weighted by atomic mass is 9.93. The molecule has 0 saturated heterocycles. The maximum Gasteiger partial charge on any atom is 0.133 e. The lowest BCUT2D eigenvalue weighted by molar-refractivity contribution is 0.411. The molecule has 1 aliphatic rings. The van der Waals surface area contributed by atoms with Gasteiger partial charge in [-0.2, -0.15) is 5.26 Å². The minimum absolute atomic E-state index is 0.223. The molecule has 15 heavy (non-hydrogen) atoms. The van der Waals surface area contributed by atoms with Gasteiger partial charge in [-0.1, -0.05) is 6.07 Å². The van der Waals surface area contributed by atoms with Crippen molar-refractivity contribution in [1.29, 1.82) is 5.26 Å². The maximum absolute atomic E-state index is 9.16. The molecular weight excluding hydrogens is 254 g/mol. The average Bonchev–Trinajstić information content (AvgIpc) is 3.03. The molecule has 2 rings (SSSR count). The fraction of sp³-hybridized carbons (Fsp3) is 0.417. The van der Waals surface area contributed by atoms with E-state index in [1.807, 2.05) is 19.1 Å². The molecule has 0 spiro atoms. The SMILES string of the molecule is COc1ccc(C2(C#N)CC2)c(C)c1Br. The van der Waals surface area contributed by atoms with Crippen molar-refractivity contribution in [3.8, 4) is 11.8 Å². The van der Waals surface area contributed by atoms with E-state index in [0.717, 1.165) is 34.2 Å². The molecule has 3 heteroatoms. The third-order valence-electron chi connectivity index (χ3n) is 3.05. The summed E-state index contributed by atoms with van der Waals surface area (Å²) in [5.41, 5.74) is 2.03. The molecule has 0 amide bonds. The molecule has 1 fully saturated rings. The highest BCUT2D eigenvalue weighted by Gasteiger charge is 2.46. The molecule has 0 atom stereocenters. The van der Waals surface area contributed by atoms with Gasteiger partial charge in [-0.3, -0.25) is 0 Å². The minimum atomic E-state index is -0.223. The average molecular weight is 266 g/mol. The Morgan fingerprint density at radius 2 is 2.13 bits per heavy atom. The lowest BCUT2D eigenvalue weighted by Crippen LogP contribution is -2.06. The number of methoxy groups -OCH3 is 1. The van der Waals surface area contributed by atoms with Gasteiger partial charge < -0.3 is 4.74 Å². The first-order valence-corrected chi connectivity index (χ1v) is 5.69. The van der Waals surface area contributed by atoms with Crippen LogP contribution >= 0.6 is 15.9 Å². The highest BCUT2D eigenvalue weighted by molar-refractivity contribution is 9.10. The second kappa shape index (κ2) is 3.53. The second-order valence-corrected chi connectivity index (χ2v) is 4.74. The van der Waals surface area contributed by atoms with E-state index >= 15 is 0 Å². The fourth-order valence-electron chi connectivity index (χ4n) is 1.90. The van der Waals surface area contributed by atoms with Crippen molar-refractivity contribution in [2.24, 2.45) is 0 Å². The number of benzene rings is 1. The van der Waals surface area contributed by atoms with E-state index < -0.39 is 0 Å².